The van der Waals surface area contributed by atoms with E-state index in [1.54, 1.807) is 11.3 Å². The molecule has 5 aromatic heterocycles. The first-order valence-corrected chi connectivity index (χ1v) is 23.6. The maximum absolute atomic E-state index is 11.4. The molecule has 0 unspecified atom stereocenters. The fraction of sp³-hybridized carbons (Fsp3) is 0.304. The van der Waals surface area contributed by atoms with Crippen molar-refractivity contribution in [3.8, 4) is 29.9 Å². The fourth-order valence-corrected chi connectivity index (χ4v) is 13.6. The second kappa shape index (κ2) is 18.5. The van der Waals surface area contributed by atoms with E-state index in [1.807, 2.05) is 46.1 Å². The molecule has 0 aliphatic carbocycles. The zero-order valence-electron chi connectivity index (χ0n) is 32.3. The van der Waals surface area contributed by atoms with Gasteiger partial charge in [0, 0.05) is 44.4 Å². The SMILES string of the molecule is CCCCCCc1cc(-c2sc(-c3cc4sc5cc(/C=C(\N=O)C(=O)O)sc5c4s3)cc2CCCCCC)sc1-c1ccc(/C(C)=N/c2ccccc2C)cc1. The molecule has 2 aromatic carbocycles. The lowest BCUT2D eigenvalue weighted by molar-refractivity contribution is -0.132. The van der Waals surface area contributed by atoms with Crippen molar-refractivity contribution in [2.24, 2.45) is 10.2 Å². The van der Waals surface area contributed by atoms with Gasteiger partial charge in [0.15, 0.2) is 5.70 Å². The number of aliphatic carboxylic acids is 1. The molecular weight excluding hydrogens is 789 g/mol. The van der Waals surface area contributed by atoms with E-state index in [0.29, 0.717) is 0 Å². The fourth-order valence-electron chi connectivity index (χ4n) is 7.00. The Hall–Kier alpha value is -4.06. The summed E-state index contributed by atoms with van der Waals surface area (Å²) >= 11 is 8.91. The van der Waals surface area contributed by atoms with Gasteiger partial charge in [-0.1, -0.05) is 94.8 Å². The van der Waals surface area contributed by atoms with Crippen LogP contribution in [0.3, 0.4) is 0 Å². The van der Waals surface area contributed by atoms with Crippen molar-refractivity contribution < 1.29 is 9.90 Å². The van der Waals surface area contributed by atoms with E-state index in [9.17, 15) is 14.8 Å². The Labute approximate surface area is 349 Å². The van der Waals surface area contributed by atoms with E-state index >= 15 is 0 Å². The lowest BCUT2D eigenvalue weighted by atomic mass is 10.0. The number of carboxylic acids is 1. The van der Waals surface area contributed by atoms with Crippen LogP contribution in [-0.4, -0.2) is 16.8 Å². The summed E-state index contributed by atoms with van der Waals surface area (Å²) in [5.41, 5.74) is 8.04. The second-order valence-corrected chi connectivity index (χ2v) is 19.6. The third-order valence-corrected chi connectivity index (χ3v) is 16.6. The molecule has 0 bridgehead atoms. The first-order chi connectivity index (χ1) is 27.3. The molecule has 5 nitrogen and oxygen atoms in total. The summed E-state index contributed by atoms with van der Waals surface area (Å²) in [5, 5.41) is 12.0. The highest BCUT2D eigenvalue weighted by atomic mass is 32.1. The number of carbonyl (C=O) groups is 1. The number of benzene rings is 2. The largest absolute Gasteiger partial charge is 0.476 e. The van der Waals surface area contributed by atoms with Gasteiger partial charge in [-0.15, -0.1) is 61.6 Å². The molecule has 5 heterocycles. The van der Waals surface area contributed by atoms with Crippen LogP contribution in [0.4, 0.5) is 5.69 Å². The number of aliphatic imine (C=N–C) groups is 1. The maximum atomic E-state index is 11.4. The first-order valence-electron chi connectivity index (χ1n) is 19.5. The Morgan fingerprint density at radius 3 is 2.00 bits per heavy atom. The van der Waals surface area contributed by atoms with Gasteiger partial charge in [0.25, 0.3) is 0 Å². The quantitative estimate of drug-likeness (QED) is 0.0405. The third-order valence-electron chi connectivity index (χ3n) is 10.1. The highest BCUT2D eigenvalue weighted by molar-refractivity contribution is 7.40. The van der Waals surface area contributed by atoms with Crippen LogP contribution < -0.4 is 0 Å². The summed E-state index contributed by atoms with van der Waals surface area (Å²) in [4.78, 5) is 34.9. The van der Waals surface area contributed by atoms with Crippen LogP contribution in [0.2, 0.25) is 0 Å². The highest BCUT2D eigenvalue weighted by Crippen LogP contribution is 2.50. The molecule has 0 aliphatic heterocycles. The van der Waals surface area contributed by atoms with Crippen molar-refractivity contribution in [3.05, 3.63) is 111 Å². The van der Waals surface area contributed by atoms with Gasteiger partial charge in [-0.2, -0.15) is 0 Å². The number of nitrogens with zero attached hydrogens (tertiary/aromatic N) is 2. The molecule has 7 aromatic rings. The number of hydrogen-bond donors (Lipinski definition) is 1. The van der Waals surface area contributed by atoms with E-state index in [0.717, 1.165) is 44.1 Å². The van der Waals surface area contributed by atoms with Gasteiger partial charge in [0.1, 0.15) is 0 Å². The number of thiophene rings is 5. The Bertz CT molecular complexity index is 2540. The molecule has 7 rings (SSSR count). The minimum atomic E-state index is -1.31. The van der Waals surface area contributed by atoms with Gasteiger partial charge in [-0.05, 0) is 109 Å². The minimum Gasteiger partial charge on any atom is -0.476 e. The maximum Gasteiger partial charge on any atom is 0.358 e. The summed E-state index contributed by atoms with van der Waals surface area (Å²) in [6.45, 7) is 8.75. The van der Waals surface area contributed by atoms with Crippen molar-refractivity contribution >= 4 is 98.9 Å². The van der Waals surface area contributed by atoms with Crippen LogP contribution >= 0.6 is 56.7 Å². The number of para-hydroxylation sites is 1. The lowest BCUT2D eigenvalue weighted by Crippen LogP contribution is -1.95. The Morgan fingerprint density at radius 2 is 1.32 bits per heavy atom. The van der Waals surface area contributed by atoms with Crippen LogP contribution in [0.5, 0.6) is 0 Å². The summed E-state index contributed by atoms with van der Waals surface area (Å²) in [5.74, 6) is -1.31. The van der Waals surface area contributed by atoms with Crippen LogP contribution in [0.25, 0.3) is 54.8 Å². The zero-order chi connectivity index (χ0) is 39.2. The number of hydrogen-bond acceptors (Lipinski definition) is 9. The standard InChI is InChI=1S/C46H46N2O3S5/c1-5-7-9-11-16-32-24-39(56-42(32)31-21-19-30(20-22-31)29(4)47-35-18-14-13-15-28(35)3)43-33(17-12-10-8-6-2)23-37(54-43)38-27-41-45(55-38)44-40(53-41)26-34(52-44)25-36(48-51)46(49)50/h13-15,18-27H,5-12,16-17H2,1-4H3,(H,49,50)/b36-25-,47-29+. The van der Waals surface area contributed by atoms with Crippen molar-refractivity contribution in [3.63, 3.8) is 0 Å². The predicted octanol–water partition coefficient (Wildman–Crippen LogP) is 16.2. The minimum absolute atomic E-state index is 0.476. The molecule has 0 saturated heterocycles. The lowest BCUT2D eigenvalue weighted by Gasteiger charge is -2.07. The summed E-state index contributed by atoms with van der Waals surface area (Å²) in [6, 6.07) is 26.5. The zero-order valence-corrected chi connectivity index (χ0v) is 36.4. The van der Waals surface area contributed by atoms with E-state index in [2.05, 4.69) is 93.5 Å². The van der Waals surface area contributed by atoms with Crippen LogP contribution in [0, 0.1) is 11.8 Å². The monoisotopic (exact) mass is 834 g/mol. The number of carboxylic acid groups (broad SMARTS) is 1. The van der Waals surface area contributed by atoms with Gasteiger partial charge in [-0.25, -0.2) is 4.79 Å². The molecule has 1 N–H and O–H groups in total. The smallest absolute Gasteiger partial charge is 0.358 e. The molecule has 0 saturated carbocycles. The van der Waals surface area contributed by atoms with Crippen LogP contribution in [-0.2, 0) is 17.6 Å². The Balaban J connectivity index is 1.24. The average molecular weight is 835 g/mol. The molecule has 56 heavy (non-hydrogen) atoms. The van der Waals surface area contributed by atoms with Gasteiger partial charge < -0.3 is 5.11 Å². The van der Waals surface area contributed by atoms with Gasteiger partial charge in [0.05, 0.1) is 15.1 Å². The van der Waals surface area contributed by atoms with Crippen molar-refractivity contribution in [1.29, 1.82) is 0 Å². The highest BCUT2D eigenvalue weighted by Gasteiger charge is 2.21. The third kappa shape index (κ3) is 9.05. The van der Waals surface area contributed by atoms with E-state index in [-0.39, 0.29) is 0 Å². The molecular formula is C46H46N2O3S5. The van der Waals surface area contributed by atoms with Gasteiger partial charge in [-0.3, -0.25) is 4.99 Å². The molecule has 10 heteroatoms. The van der Waals surface area contributed by atoms with Crippen LogP contribution in [0.1, 0.15) is 99.3 Å². The van der Waals surface area contributed by atoms with Crippen molar-refractivity contribution in [1.82, 2.24) is 0 Å². The van der Waals surface area contributed by atoms with Crippen molar-refractivity contribution in [2.45, 2.75) is 91.9 Å². The molecule has 288 valence electrons. The number of aryl methyl sites for hydroxylation is 3. The molecule has 0 spiro atoms. The summed E-state index contributed by atoms with van der Waals surface area (Å²) < 4.78 is 4.70. The molecule has 0 atom stereocenters. The molecule has 0 amide bonds. The van der Waals surface area contributed by atoms with Gasteiger partial charge in [0.2, 0.25) is 0 Å². The van der Waals surface area contributed by atoms with Crippen molar-refractivity contribution in [2.75, 3.05) is 0 Å². The van der Waals surface area contributed by atoms with Gasteiger partial charge >= 0.3 is 5.97 Å². The van der Waals surface area contributed by atoms with Crippen LogP contribution in [0.15, 0.2) is 88.7 Å². The van der Waals surface area contributed by atoms with E-state index in [4.69, 9.17) is 4.99 Å². The number of unbranched alkanes of at least 4 members (excludes halogenated alkanes) is 6. The average Bonchev–Trinajstić information content (AvgIpc) is 4.02. The Morgan fingerprint density at radius 1 is 0.696 bits per heavy atom. The van der Waals surface area contributed by atoms with E-state index in [1.165, 1.54) is 125 Å². The Kier molecular flexibility index (Phi) is 13.2. The topological polar surface area (TPSA) is 79.1 Å². The van der Waals surface area contributed by atoms with E-state index < -0.39 is 11.7 Å². The first kappa shape index (κ1) is 40.1. The number of nitroso groups, excluding NO2 is 1. The summed E-state index contributed by atoms with van der Waals surface area (Å²) in [7, 11) is 0. The predicted molar refractivity (Wildman–Crippen MR) is 247 cm³/mol. The normalized spacial score (nSPS) is 12.4. The molecule has 0 fully saturated rings. The summed E-state index contributed by atoms with van der Waals surface area (Å²) in [6.07, 6.45) is 13.4. The number of fused-ring (bicyclic) bond motifs is 3. The molecule has 0 aliphatic rings. The number of rotatable bonds is 18. The second-order valence-electron chi connectivity index (χ2n) is 14.3. The molecule has 0 radical (unpaired) electrons.